The summed E-state index contributed by atoms with van der Waals surface area (Å²) in [4.78, 5) is 32.7. The molecular weight excluding hydrogens is 264 g/mol. The molecule has 0 radical (unpaired) electrons. The summed E-state index contributed by atoms with van der Waals surface area (Å²) in [6.45, 7) is 1.70. The number of aromatic nitrogens is 3. The highest BCUT2D eigenvalue weighted by molar-refractivity contribution is 5.98. The minimum Gasteiger partial charge on any atom is -0.384 e. The molecule has 9 heteroatoms. The minimum atomic E-state index is -0.682. The molecule has 1 unspecified atom stereocenters. The van der Waals surface area contributed by atoms with Gasteiger partial charge in [0.1, 0.15) is 23.4 Å². The molecule has 0 aliphatic carbocycles. The zero-order chi connectivity index (χ0) is 14.7. The molecule has 2 heterocycles. The van der Waals surface area contributed by atoms with Gasteiger partial charge in [-0.15, -0.1) is 0 Å². The van der Waals surface area contributed by atoms with E-state index in [1.54, 1.807) is 19.3 Å². The molecule has 0 bridgehead atoms. The Kier molecular flexibility index (Phi) is 3.60. The first kappa shape index (κ1) is 13.5. The normalized spacial score (nSPS) is 11.8. The van der Waals surface area contributed by atoms with Crippen molar-refractivity contribution in [1.29, 1.82) is 0 Å². The highest BCUT2D eigenvalue weighted by Crippen LogP contribution is 2.20. The molecule has 104 valence electrons. The smallest absolute Gasteiger partial charge is 0.300 e. The van der Waals surface area contributed by atoms with E-state index in [4.69, 9.17) is 5.73 Å². The molecule has 2 rings (SSSR count). The first-order valence-electron chi connectivity index (χ1n) is 5.69. The van der Waals surface area contributed by atoms with Gasteiger partial charge in [-0.2, -0.15) is 0 Å². The van der Waals surface area contributed by atoms with Crippen molar-refractivity contribution < 1.29 is 9.72 Å². The molecule has 20 heavy (non-hydrogen) atoms. The second-order valence-electron chi connectivity index (χ2n) is 4.05. The van der Waals surface area contributed by atoms with Crippen LogP contribution in [0, 0.1) is 10.1 Å². The molecule has 0 aromatic carbocycles. The van der Waals surface area contributed by atoms with Gasteiger partial charge in [0.2, 0.25) is 0 Å². The van der Waals surface area contributed by atoms with Crippen LogP contribution >= 0.6 is 0 Å². The van der Waals surface area contributed by atoms with E-state index in [2.05, 4.69) is 20.3 Å². The first-order chi connectivity index (χ1) is 9.49. The highest BCUT2D eigenvalue weighted by atomic mass is 16.6. The quantitative estimate of drug-likeness (QED) is 0.557. The molecule has 9 nitrogen and oxygen atoms in total. The van der Waals surface area contributed by atoms with Crippen LogP contribution < -0.4 is 11.1 Å². The summed E-state index contributed by atoms with van der Waals surface area (Å²) in [5, 5.41) is 13.5. The molecule has 0 saturated heterocycles. The van der Waals surface area contributed by atoms with E-state index in [9.17, 15) is 14.9 Å². The van der Waals surface area contributed by atoms with Gasteiger partial charge in [0.05, 0.1) is 11.0 Å². The Morgan fingerprint density at radius 3 is 2.90 bits per heavy atom. The van der Waals surface area contributed by atoms with Crippen molar-refractivity contribution in [2.75, 3.05) is 5.73 Å². The topological polar surface area (TPSA) is 140 Å². The number of H-pyrrole nitrogens is 1. The van der Waals surface area contributed by atoms with Crippen LogP contribution in [-0.4, -0.2) is 25.8 Å². The van der Waals surface area contributed by atoms with E-state index in [-0.39, 0.29) is 11.4 Å². The average molecular weight is 276 g/mol. The second-order valence-corrected chi connectivity index (χ2v) is 4.05. The van der Waals surface area contributed by atoms with Crippen molar-refractivity contribution in [1.82, 2.24) is 20.3 Å². The summed E-state index contributed by atoms with van der Waals surface area (Å²) in [6.07, 6.45) is 4.12. The lowest BCUT2D eigenvalue weighted by atomic mass is 10.2. The summed E-state index contributed by atoms with van der Waals surface area (Å²) < 4.78 is 0. The third kappa shape index (κ3) is 2.71. The summed E-state index contributed by atoms with van der Waals surface area (Å²) in [5.41, 5.74) is 4.92. The average Bonchev–Trinajstić information content (AvgIpc) is 2.92. The van der Waals surface area contributed by atoms with E-state index in [1.807, 2.05) is 0 Å². The molecule has 1 amide bonds. The molecular formula is C11H12N6O3. The van der Waals surface area contributed by atoms with Gasteiger partial charge in [0, 0.05) is 12.4 Å². The zero-order valence-electron chi connectivity index (χ0n) is 10.5. The number of anilines is 1. The lowest BCUT2D eigenvalue weighted by molar-refractivity contribution is -0.385. The number of hydrogen-bond acceptors (Lipinski definition) is 6. The number of rotatable bonds is 4. The Morgan fingerprint density at radius 1 is 1.55 bits per heavy atom. The van der Waals surface area contributed by atoms with Gasteiger partial charge in [0.15, 0.2) is 0 Å². The molecule has 0 aliphatic rings. The van der Waals surface area contributed by atoms with Crippen LogP contribution in [0.15, 0.2) is 24.7 Å². The molecule has 0 spiro atoms. The minimum absolute atomic E-state index is 0.0337. The summed E-state index contributed by atoms with van der Waals surface area (Å²) >= 11 is 0. The fourth-order valence-corrected chi connectivity index (χ4v) is 1.65. The fourth-order valence-electron chi connectivity index (χ4n) is 1.65. The molecule has 2 aromatic rings. The van der Waals surface area contributed by atoms with E-state index in [0.29, 0.717) is 5.82 Å². The van der Waals surface area contributed by atoms with Crippen LogP contribution in [0.4, 0.5) is 11.5 Å². The summed E-state index contributed by atoms with van der Waals surface area (Å²) in [7, 11) is 0. The SMILES string of the molecule is CC(NC(=O)c1cc(N)ncc1[N+](=O)[O-])c1ncc[nH]1. The Hall–Kier alpha value is -2.97. The largest absolute Gasteiger partial charge is 0.384 e. The van der Waals surface area contributed by atoms with Crippen LogP contribution in [0.2, 0.25) is 0 Å². The number of nitrogens with two attached hydrogens (primary N) is 1. The Labute approximate surface area is 113 Å². The van der Waals surface area contributed by atoms with Crippen LogP contribution in [0.3, 0.4) is 0 Å². The van der Waals surface area contributed by atoms with Crippen molar-refractivity contribution in [2.45, 2.75) is 13.0 Å². The van der Waals surface area contributed by atoms with E-state index < -0.39 is 22.6 Å². The number of nitrogens with one attached hydrogen (secondary N) is 2. The van der Waals surface area contributed by atoms with Gasteiger partial charge in [-0.05, 0) is 13.0 Å². The third-order valence-electron chi connectivity index (χ3n) is 2.62. The van der Waals surface area contributed by atoms with Crippen molar-refractivity contribution in [3.05, 3.63) is 46.2 Å². The number of pyridine rings is 1. The molecule has 2 aromatic heterocycles. The lowest BCUT2D eigenvalue weighted by Crippen LogP contribution is -2.28. The Balaban J connectivity index is 2.25. The fraction of sp³-hybridized carbons (Fsp3) is 0.182. The van der Waals surface area contributed by atoms with Gasteiger partial charge in [-0.25, -0.2) is 9.97 Å². The number of nitro groups is 1. The zero-order valence-corrected chi connectivity index (χ0v) is 10.5. The third-order valence-corrected chi connectivity index (χ3v) is 2.62. The lowest BCUT2D eigenvalue weighted by Gasteiger charge is -2.11. The number of hydrogen-bond donors (Lipinski definition) is 3. The number of amides is 1. The maximum absolute atomic E-state index is 12.1. The molecule has 4 N–H and O–H groups in total. The van der Waals surface area contributed by atoms with Crippen molar-refractivity contribution in [3.8, 4) is 0 Å². The first-order valence-corrected chi connectivity index (χ1v) is 5.69. The van der Waals surface area contributed by atoms with E-state index >= 15 is 0 Å². The predicted molar refractivity (Wildman–Crippen MR) is 69.8 cm³/mol. The van der Waals surface area contributed by atoms with E-state index in [1.165, 1.54) is 6.07 Å². The van der Waals surface area contributed by atoms with Gasteiger partial charge >= 0.3 is 0 Å². The number of imidazole rings is 1. The number of carbonyl (C=O) groups is 1. The Morgan fingerprint density at radius 2 is 2.30 bits per heavy atom. The monoisotopic (exact) mass is 276 g/mol. The maximum atomic E-state index is 12.1. The number of carbonyl (C=O) groups excluding carboxylic acids is 1. The van der Waals surface area contributed by atoms with Crippen LogP contribution in [0.1, 0.15) is 29.1 Å². The summed E-state index contributed by atoms with van der Waals surface area (Å²) in [6, 6.07) is 0.744. The van der Waals surface area contributed by atoms with Crippen molar-refractivity contribution >= 4 is 17.4 Å². The van der Waals surface area contributed by atoms with Crippen LogP contribution in [0.5, 0.6) is 0 Å². The van der Waals surface area contributed by atoms with Crippen molar-refractivity contribution in [3.63, 3.8) is 0 Å². The van der Waals surface area contributed by atoms with Crippen LogP contribution in [0.25, 0.3) is 0 Å². The number of nitrogen functional groups attached to an aromatic ring is 1. The molecule has 0 aliphatic heterocycles. The molecule has 0 saturated carbocycles. The molecule has 0 fully saturated rings. The second kappa shape index (κ2) is 5.34. The van der Waals surface area contributed by atoms with Crippen LogP contribution in [-0.2, 0) is 0 Å². The van der Waals surface area contributed by atoms with Gasteiger partial charge in [-0.3, -0.25) is 14.9 Å². The van der Waals surface area contributed by atoms with E-state index in [0.717, 1.165) is 6.20 Å². The van der Waals surface area contributed by atoms with Gasteiger partial charge in [0.25, 0.3) is 11.6 Å². The maximum Gasteiger partial charge on any atom is 0.300 e. The predicted octanol–water partition coefficient (Wildman–Crippen LogP) is 0.786. The number of aromatic amines is 1. The molecule has 1 atom stereocenters. The standard InChI is InChI=1S/C11H12N6O3/c1-6(10-13-2-3-14-10)16-11(18)7-4-9(12)15-5-8(7)17(19)20/h2-6H,1H3,(H2,12,15)(H,13,14)(H,16,18). The number of nitrogens with zero attached hydrogens (tertiary/aromatic N) is 3. The van der Waals surface area contributed by atoms with Crippen molar-refractivity contribution in [2.24, 2.45) is 0 Å². The Bertz CT molecular complexity index is 640. The highest BCUT2D eigenvalue weighted by Gasteiger charge is 2.23. The summed E-state index contributed by atoms with van der Waals surface area (Å²) in [5.74, 6) is -0.0378. The van der Waals surface area contributed by atoms with Gasteiger partial charge in [-0.1, -0.05) is 0 Å². The van der Waals surface area contributed by atoms with Gasteiger partial charge < -0.3 is 16.0 Å².